The molecule has 0 saturated carbocycles. The molecule has 1 heterocycles. The second-order valence-electron chi connectivity index (χ2n) is 0.575. The molecule has 0 unspecified atom stereocenters. The van der Waals surface area contributed by atoms with Gasteiger partial charge in [0, 0.05) is 0 Å². The molecule has 1 saturated heterocycles. The summed E-state index contributed by atoms with van der Waals surface area (Å²) in [7, 11) is -3.43. The van der Waals surface area contributed by atoms with Crippen molar-refractivity contribution in [3.05, 3.63) is 0 Å². The third kappa shape index (κ3) is 0.771. The van der Waals surface area contributed by atoms with Gasteiger partial charge in [-0.15, -0.1) is 0 Å². The summed E-state index contributed by atoms with van der Waals surface area (Å²) in [6.45, 7) is 0. The minimum atomic E-state index is -3.43. The molecule has 0 aromatic carbocycles. The Balaban J connectivity index is 2.78. The Kier molecular flexibility index (Phi) is 0.969. The van der Waals surface area contributed by atoms with E-state index in [0.717, 1.165) is 0 Å². The Hall–Kier alpha value is 0.519. The molecule has 1 fully saturated rings. The van der Waals surface area contributed by atoms with Crippen molar-refractivity contribution in [2.45, 2.75) is 0 Å². The fraction of sp³-hybridized carbons (Fsp3) is 0. The third-order valence-electron chi connectivity index (χ3n) is 0.181. The Labute approximate surface area is 43.6 Å². The van der Waals surface area contributed by atoms with Crippen LogP contribution >= 0.6 is 0 Å². The van der Waals surface area contributed by atoms with E-state index in [1.807, 2.05) is 0 Å². The van der Waals surface area contributed by atoms with Gasteiger partial charge in [0.25, 0.3) is 0 Å². The van der Waals surface area contributed by atoms with Crippen LogP contribution in [0.4, 0.5) is 0 Å². The monoisotopic (exact) mass is 289 g/mol. The summed E-state index contributed by atoms with van der Waals surface area (Å²) in [5.74, 6) is 0. The van der Waals surface area contributed by atoms with Crippen LogP contribution in [-0.2, 0) is 34.7 Å². The van der Waals surface area contributed by atoms with E-state index in [0.29, 0.717) is 0 Å². The topological polar surface area (TPSA) is 52.6 Å². The Morgan fingerprint density at radius 2 is 1.67 bits per heavy atom. The molecule has 39 valence electrons. The first kappa shape index (κ1) is 4.67. The molecular formula is IrO4S. The van der Waals surface area contributed by atoms with Crippen molar-refractivity contribution in [2.24, 2.45) is 0 Å². The summed E-state index contributed by atoms with van der Waals surface area (Å²) in [4.78, 5) is 0. The molecule has 0 bridgehead atoms. The van der Waals surface area contributed by atoms with Crippen molar-refractivity contribution < 1.29 is 32.7 Å². The van der Waals surface area contributed by atoms with Crippen LogP contribution in [0.5, 0.6) is 0 Å². The maximum atomic E-state index is 9.67. The second-order valence-corrected chi connectivity index (χ2v) is 4.41. The van der Waals surface area contributed by atoms with Gasteiger partial charge in [-0.2, -0.15) is 0 Å². The molecule has 1 aliphatic rings. The molecule has 0 N–H and O–H groups in total. The van der Waals surface area contributed by atoms with E-state index in [1.165, 1.54) is 0 Å². The van der Waals surface area contributed by atoms with Crippen LogP contribution in [0.1, 0.15) is 0 Å². The van der Waals surface area contributed by atoms with Crippen molar-refractivity contribution >= 4 is 10.4 Å². The van der Waals surface area contributed by atoms with Gasteiger partial charge in [-0.25, -0.2) is 0 Å². The van der Waals surface area contributed by atoms with Gasteiger partial charge in [-0.05, 0) is 0 Å². The average molecular weight is 288 g/mol. The van der Waals surface area contributed by atoms with E-state index in [2.05, 4.69) is 5.88 Å². The van der Waals surface area contributed by atoms with Crippen LogP contribution in [0.15, 0.2) is 0 Å². The molecule has 6 heteroatoms. The molecule has 1 aliphatic heterocycles. The summed E-state index contributed by atoms with van der Waals surface area (Å²) in [5, 5.41) is 0. The first-order valence-electron chi connectivity index (χ1n) is 0.939. The van der Waals surface area contributed by atoms with Gasteiger partial charge in [0.1, 0.15) is 0 Å². The molecule has 0 spiro atoms. The fourth-order valence-electron chi connectivity index (χ4n) is 0.0597. The first-order valence-corrected chi connectivity index (χ1v) is 4.23. The summed E-state index contributed by atoms with van der Waals surface area (Å²) in [6.07, 6.45) is 0. The second kappa shape index (κ2) is 1.24. The first-order chi connectivity index (χ1) is 2.71. The molecule has 6 heavy (non-hydrogen) atoms. The fourth-order valence-corrected chi connectivity index (χ4v) is 1.47. The standard InChI is InChI=1S/Ir.H2O4S/c;1-5(2,3)4/h;(H2,1,2,3,4)/q+2;/p-2. The van der Waals surface area contributed by atoms with Gasteiger partial charge in [-0.3, -0.25) is 0 Å². The van der Waals surface area contributed by atoms with Crippen molar-refractivity contribution in [3.8, 4) is 0 Å². The summed E-state index contributed by atoms with van der Waals surface area (Å²) < 4.78 is 27.3. The minimum absolute atomic E-state index is 0.991. The van der Waals surface area contributed by atoms with E-state index in [4.69, 9.17) is 0 Å². The molecule has 0 amide bonds. The van der Waals surface area contributed by atoms with Gasteiger partial charge in [-0.1, -0.05) is 0 Å². The van der Waals surface area contributed by atoms with Gasteiger partial charge >= 0.3 is 43.1 Å². The van der Waals surface area contributed by atoms with Crippen LogP contribution in [0.25, 0.3) is 0 Å². The Morgan fingerprint density at radius 3 is 1.67 bits per heavy atom. The third-order valence-corrected chi connectivity index (χ3v) is 4.46. The summed E-state index contributed by atoms with van der Waals surface area (Å²) in [6, 6.07) is 0. The SMILES string of the molecule is O=S1(=O)[O][Ir][O]1. The number of rotatable bonds is 0. The normalized spacial score (nSPS) is 30.0. The average Bonchev–Trinajstić information content (AvgIpc) is 1.32. The summed E-state index contributed by atoms with van der Waals surface area (Å²) in [5.41, 5.74) is 0. The number of hydrogen-bond donors (Lipinski definition) is 0. The van der Waals surface area contributed by atoms with Crippen LogP contribution in [0.3, 0.4) is 0 Å². The van der Waals surface area contributed by atoms with Crippen molar-refractivity contribution in [2.75, 3.05) is 0 Å². The molecular weight excluding hydrogens is 288 g/mol. The van der Waals surface area contributed by atoms with Crippen LogP contribution in [0, 0.1) is 0 Å². The Bertz CT molecular complexity index is 122. The van der Waals surface area contributed by atoms with Crippen LogP contribution < -0.4 is 0 Å². The van der Waals surface area contributed by atoms with Crippen LogP contribution in [-0.4, -0.2) is 8.42 Å². The van der Waals surface area contributed by atoms with Gasteiger partial charge in [0.15, 0.2) is 0 Å². The van der Waals surface area contributed by atoms with Crippen molar-refractivity contribution in [3.63, 3.8) is 0 Å². The predicted octanol–water partition coefficient (Wildman–Crippen LogP) is -0.809. The van der Waals surface area contributed by atoms with E-state index in [-0.39, 0.29) is 0 Å². The van der Waals surface area contributed by atoms with Crippen molar-refractivity contribution in [1.82, 2.24) is 0 Å². The zero-order chi connectivity index (χ0) is 4.62. The van der Waals surface area contributed by atoms with Crippen molar-refractivity contribution in [1.29, 1.82) is 0 Å². The molecule has 1 rings (SSSR count). The Morgan fingerprint density at radius 1 is 1.33 bits per heavy atom. The zero-order valence-electron chi connectivity index (χ0n) is 2.37. The summed E-state index contributed by atoms with van der Waals surface area (Å²) >= 11 is -0.991. The van der Waals surface area contributed by atoms with Gasteiger partial charge in [0.2, 0.25) is 0 Å². The van der Waals surface area contributed by atoms with E-state index >= 15 is 0 Å². The van der Waals surface area contributed by atoms with E-state index in [9.17, 15) is 8.42 Å². The van der Waals surface area contributed by atoms with E-state index < -0.39 is 28.8 Å². The maximum absolute atomic E-state index is 9.67. The molecule has 4 nitrogen and oxygen atoms in total. The zero-order valence-corrected chi connectivity index (χ0v) is 5.59. The van der Waals surface area contributed by atoms with Crippen LogP contribution in [0.2, 0.25) is 0 Å². The molecule has 0 atom stereocenters. The molecule has 0 radical (unpaired) electrons. The number of hydrogen-bond acceptors (Lipinski definition) is 4. The molecule has 0 aromatic heterocycles. The van der Waals surface area contributed by atoms with Gasteiger partial charge in [0.05, 0.1) is 0 Å². The predicted molar refractivity (Wildman–Crippen MR) is 11.1 cm³/mol. The molecule has 0 aromatic rings. The van der Waals surface area contributed by atoms with Gasteiger partial charge < -0.3 is 0 Å². The molecule has 0 aliphatic carbocycles. The quantitative estimate of drug-likeness (QED) is 0.585. The van der Waals surface area contributed by atoms with E-state index in [1.54, 1.807) is 0 Å².